The largest absolute Gasteiger partial charge is 0.441 e. The summed E-state index contributed by atoms with van der Waals surface area (Å²) in [7, 11) is 1.70. The summed E-state index contributed by atoms with van der Waals surface area (Å²) >= 11 is 0. The maximum absolute atomic E-state index is 12.6. The molecule has 0 aromatic heterocycles. The van der Waals surface area contributed by atoms with E-state index in [0.717, 1.165) is 24.9 Å². The van der Waals surface area contributed by atoms with Gasteiger partial charge in [0.2, 0.25) is 0 Å². The Hall–Kier alpha value is -2.17. The monoisotopic (exact) mass is 338 g/mol. The smallest absolute Gasteiger partial charge is 0.434 e. The molecule has 1 aliphatic heterocycles. The number of para-hydroxylation sites is 1. The highest BCUT2D eigenvalue weighted by Crippen LogP contribution is 2.57. The Labute approximate surface area is 147 Å². The molecule has 0 radical (unpaired) electrons. The van der Waals surface area contributed by atoms with E-state index in [9.17, 15) is 9.59 Å². The van der Waals surface area contributed by atoms with E-state index in [1.165, 1.54) is 24.2 Å². The van der Waals surface area contributed by atoms with Gasteiger partial charge in [-0.15, -0.1) is 0 Å². The number of likely N-dealkylation sites (N-methyl/N-ethyl adjacent to an activating group) is 1. The van der Waals surface area contributed by atoms with Crippen molar-refractivity contribution < 1.29 is 14.3 Å². The molecule has 1 heterocycles. The summed E-state index contributed by atoms with van der Waals surface area (Å²) in [5.74, 6) is 1.86. The number of hydrogen-bond acceptors (Lipinski definition) is 3. The molecule has 130 valence electrons. The topological polar surface area (TPSA) is 59.0 Å². The predicted octanol–water partition coefficient (Wildman–Crippen LogP) is 3.56. The molecular weight excluding hydrogens is 316 g/mol. The van der Waals surface area contributed by atoms with Gasteiger partial charge in [-0.2, -0.15) is 4.99 Å². The average Bonchev–Trinajstić information content (AvgIpc) is 2.78. The van der Waals surface area contributed by atoms with E-state index in [-0.39, 0.29) is 17.2 Å². The Kier molecular flexibility index (Phi) is 3.12. The first kappa shape index (κ1) is 15.1. The fourth-order valence-electron chi connectivity index (χ4n) is 5.91. The molecule has 1 aromatic rings. The zero-order valence-electron chi connectivity index (χ0n) is 14.4. The zero-order chi connectivity index (χ0) is 17.2. The number of fused-ring (bicyclic) bond motifs is 1. The number of rotatable bonds is 1. The third-order valence-electron chi connectivity index (χ3n) is 6.52. The summed E-state index contributed by atoms with van der Waals surface area (Å²) in [5, 5.41) is 0. The van der Waals surface area contributed by atoms with Crippen LogP contribution in [0, 0.1) is 17.8 Å². The lowest BCUT2D eigenvalue weighted by atomic mass is 9.54. The third-order valence-corrected chi connectivity index (χ3v) is 6.52. The van der Waals surface area contributed by atoms with Gasteiger partial charge in [0, 0.05) is 12.6 Å². The molecule has 5 heteroatoms. The molecule has 4 saturated carbocycles. The number of carbonyl (C=O) groups excluding carboxylic acids is 2. The van der Waals surface area contributed by atoms with Gasteiger partial charge in [0.05, 0.1) is 5.69 Å². The second kappa shape index (κ2) is 5.16. The van der Waals surface area contributed by atoms with Crippen molar-refractivity contribution in [1.29, 1.82) is 0 Å². The van der Waals surface area contributed by atoms with Crippen LogP contribution in [0.3, 0.4) is 0 Å². The minimum Gasteiger partial charge on any atom is -0.441 e. The van der Waals surface area contributed by atoms with Crippen molar-refractivity contribution in [3.05, 3.63) is 29.8 Å². The molecule has 4 aliphatic carbocycles. The fraction of sp³-hybridized carbons (Fsp3) is 0.550. The third kappa shape index (κ3) is 2.32. The standard InChI is InChI=1S/C20H22N2O3/c1-22-16-5-3-2-4-15(16)17(18(22)23)21-19(24)25-20-9-12-6-13(10-20)8-14(7-12)11-20/h2-5,12-14H,6-11H2,1H3/b21-17-. The molecular formula is C20H22N2O3. The van der Waals surface area contributed by atoms with Crippen molar-refractivity contribution in [3.8, 4) is 0 Å². The highest BCUT2D eigenvalue weighted by molar-refractivity contribution is 6.55. The summed E-state index contributed by atoms with van der Waals surface area (Å²) in [6.07, 6.45) is 6.20. The summed E-state index contributed by atoms with van der Waals surface area (Å²) in [6.45, 7) is 0. The van der Waals surface area contributed by atoms with Gasteiger partial charge in [-0.1, -0.05) is 18.2 Å². The maximum atomic E-state index is 12.6. The van der Waals surface area contributed by atoms with Crippen LogP contribution in [-0.4, -0.2) is 30.4 Å². The quantitative estimate of drug-likeness (QED) is 0.787. The van der Waals surface area contributed by atoms with E-state index in [1.807, 2.05) is 24.3 Å². The van der Waals surface area contributed by atoms with Gasteiger partial charge in [-0.25, -0.2) is 4.79 Å². The normalized spacial score (nSPS) is 36.8. The van der Waals surface area contributed by atoms with Crippen LogP contribution in [0.25, 0.3) is 0 Å². The second-order valence-corrected chi connectivity index (χ2v) is 8.31. The number of ether oxygens (including phenoxy) is 1. The highest BCUT2D eigenvalue weighted by atomic mass is 16.6. The molecule has 2 amide bonds. The van der Waals surface area contributed by atoms with Crippen LogP contribution in [-0.2, 0) is 9.53 Å². The zero-order valence-corrected chi connectivity index (χ0v) is 14.4. The molecule has 0 saturated heterocycles. The van der Waals surface area contributed by atoms with E-state index < -0.39 is 6.09 Å². The van der Waals surface area contributed by atoms with E-state index in [0.29, 0.717) is 23.3 Å². The lowest BCUT2D eigenvalue weighted by Crippen LogP contribution is -2.52. The summed E-state index contributed by atoms with van der Waals surface area (Å²) in [6, 6.07) is 7.41. The molecule has 5 nitrogen and oxygen atoms in total. The highest BCUT2D eigenvalue weighted by Gasteiger charge is 2.53. The van der Waals surface area contributed by atoms with Gasteiger partial charge in [0.1, 0.15) is 11.3 Å². The van der Waals surface area contributed by atoms with Crippen molar-refractivity contribution >= 4 is 23.4 Å². The maximum Gasteiger partial charge on any atom is 0.434 e. The molecule has 5 aliphatic rings. The van der Waals surface area contributed by atoms with E-state index in [2.05, 4.69) is 4.99 Å². The van der Waals surface area contributed by atoms with Gasteiger partial charge in [0.15, 0.2) is 0 Å². The number of amides is 2. The van der Waals surface area contributed by atoms with Gasteiger partial charge in [-0.05, 0) is 62.3 Å². The Morgan fingerprint density at radius 2 is 1.72 bits per heavy atom. The van der Waals surface area contributed by atoms with Crippen LogP contribution in [0.5, 0.6) is 0 Å². The van der Waals surface area contributed by atoms with Crippen LogP contribution < -0.4 is 4.90 Å². The van der Waals surface area contributed by atoms with Crippen LogP contribution in [0.15, 0.2) is 29.3 Å². The van der Waals surface area contributed by atoms with Crippen molar-refractivity contribution in [2.75, 3.05) is 11.9 Å². The molecule has 0 unspecified atom stereocenters. The molecule has 0 spiro atoms. The average molecular weight is 338 g/mol. The lowest BCUT2D eigenvalue weighted by molar-refractivity contribution is -0.125. The molecule has 25 heavy (non-hydrogen) atoms. The Morgan fingerprint density at radius 3 is 2.36 bits per heavy atom. The van der Waals surface area contributed by atoms with Crippen LogP contribution in [0.1, 0.15) is 44.1 Å². The SMILES string of the molecule is CN1C(=O)/C(=N\C(=O)OC23CC4CC(CC(C4)C2)C3)c2ccccc21. The van der Waals surface area contributed by atoms with E-state index in [4.69, 9.17) is 4.74 Å². The van der Waals surface area contributed by atoms with Gasteiger partial charge >= 0.3 is 6.09 Å². The number of hydrogen-bond donors (Lipinski definition) is 0. The number of nitrogens with zero attached hydrogens (tertiary/aromatic N) is 2. The molecule has 1 aromatic carbocycles. The van der Waals surface area contributed by atoms with Gasteiger partial charge in [0.25, 0.3) is 5.91 Å². The first-order chi connectivity index (χ1) is 12.0. The van der Waals surface area contributed by atoms with Crippen molar-refractivity contribution in [1.82, 2.24) is 0 Å². The predicted molar refractivity (Wildman–Crippen MR) is 93.8 cm³/mol. The summed E-state index contributed by atoms with van der Waals surface area (Å²) in [5.41, 5.74) is 1.36. The Morgan fingerprint density at radius 1 is 1.12 bits per heavy atom. The van der Waals surface area contributed by atoms with Crippen LogP contribution >= 0.6 is 0 Å². The molecule has 4 bridgehead atoms. The number of carbonyl (C=O) groups is 2. The number of benzene rings is 1. The Bertz CT molecular complexity index is 763. The first-order valence-electron chi connectivity index (χ1n) is 9.22. The number of aliphatic imine (C=N–C) groups is 1. The van der Waals surface area contributed by atoms with Gasteiger partial charge in [-0.3, -0.25) is 4.79 Å². The van der Waals surface area contributed by atoms with Crippen LogP contribution in [0.2, 0.25) is 0 Å². The minimum atomic E-state index is -0.601. The van der Waals surface area contributed by atoms with Crippen molar-refractivity contribution in [2.24, 2.45) is 22.7 Å². The summed E-state index contributed by atoms with van der Waals surface area (Å²) < 4.78 is 5.91. The first-order valence-corrected chi connectivity index (χ1v) is 9.22. The lowest BCUT2D eigenvalue weighted by Gasteiger charge is -2.55. The van der Waals surface area contributed by atoms with Crippen molar-refractivity contribution in [3.63, 3.8) is 0 Å². The minimum absolute atomic E-state index is 0.202. The molecule has 6 rings (SSSR count). The summed E-state index contributed by atoms with van der Waals surface area (Å²) in [4.78, 5) is 30.6. The number of anilines is 1. The Balaban J connectivity index is 1.41. The fourth-order valence-corrected chi connectivity index (χ4v) is 5.91. The van der Waals surface area contributed by atoms with Crippen molar-refractivity contribution in [2.45, 2.75) is 44.1 Å². The van der Waals surface area contributed by atoms with E-state index in [1.54, 1.807) is 7.05 Å². The van der Waals surface area contributed by atoms with Crippen LogP contribution in [0.4, 0.5) is 10.5 Å². The second-order valence-electron chi connectivity index (χ2n) is 8.31. The molecule has 0 N–H and O–H groups in total. The molecule has 4 fully saturated rings. The van der Waals surface area contributed by atoms with Gasteiger partial charge < -0.3 is 9.64 Å². The van der Waals surface area contributed by atoms with E-state index >= 15 is 0 Å². The molecule has 0 atom stereocenters.